The molecule has 1 saturated heterocycles. The Morgan fingerprint density at radius 3 is 2.80 bits per heavy atom. The topological polar surface area (TPSA) is 111 Å². The molecule has 110 valence electrons. The van der Waals surface area contributed by atoms with Gasteiger partial charge in [-0.15, -0.1) is 0 Å². The molecular formula is C12H19N5O3. The van der Waals surface area contributed by atoms with E-state index in [1.807, 2.05) is 0 Å². The van der Waals surface area contributed by atoms with Gasteiger partial charge >= 0.3 is 0 Å². The number of likely N-dealkylation sites (tertiary alicyclic amines) is 1. The molecule has 8 heteroatoms. The van der Waals surface area contributed by atoms with Crippen LogP contribution >= 0.6 is 0 Å². The van der Waals surface area contributed by atoms with E-state index >= 15 is 0 Å². The zero-order valence-corrected chi connectivity index (χ0v) is 11.2. The van der Waals surface area contributed by atoms with Gasteiger partial charge in [0.05, 0.1) is 6.20 Å². The smallest absolute Gasteiger partial charge is 0.276 e. The molecule has 20 heavy (non-hydrogen) atoms. The third-order valence-corrected chi connectivity index (χ3v) is 3.42. The van der Waals surface area contributed by atoms with Crippen LogP contribution in [0.3, 0.4) is 0 Å². The molecule has 3 N–H and O–H groups in total. The summed E-state index contributed by atoms with van der Waals surface area (Å²) in [5.41, 5.74) is 0.302. The summed E-state index contributed by atoms with van der Waals surface area (Å²) in [5, 5.41) is 21.3. The van der Waals surface area contributed by atoms with Crippen molar-refractivity contribution < 1.29 is 14.7 Å². The molecule has 2 amide bonds. The lowest BCUT2D eigenvalue weighted by atomic mass is 9.95. The fraction of sp³-hybridized carbons (Fsp3) is 0.667. The molecule has 0 radical (unpaired) electrons. The molecule has 1 aliphatic rings. The summed E-state index contributed by atoms with van der Waals surface area (Å²) in [6.45, 7) is 1.66. The number of H-pyrrole nitrogens is 1. The second kappa shape index (κ2) is 6.99. The number of aliphatic hydroxyl groups excluding tert-OH is 1. The molecule has 0 unspecified atom stereocenters. The maximum Gasteiger partial charge on any atom is 0.276 e. The third kappa shape index (κ3) is 3.53. The number of rotatable bonds is 5. The van der Waals surface area contributed by atoms with Gasteiger partial charge in [-0.05, 0) is 19.3 Å². The number of carbonyl (C=O) groups excluding carboxylic acids is 2. The largest absolute Gasteiger partial charge is 0.396 e. The minimum atomic E-state index is -0.155. The number of nitrogens with zero attached hydrogens (tertiary/aromatic N) is 3. The normalized spacial score (nSPS) is 16.1. The number of carbonyl (C=O) groups is 2. The zero-order valence-electron chi connectivity index (χ0n) is 11.2. The van der Waals surface area contributed by atoms with Crippen molar-refractivity contribution in [1.29, 1.82) is 0 Å². The number of hydrogen-bond acceptors (Lipinski definition) is 5. The Morgan fingerprint density at radius 2 is 2.20 bits per heavy atom. The molecule has 1 aliphatic heterocycles. The van der Waals surface area contributed by atoms with Crippen molar-refractivity contribution in [3.8, 4) is 0 Å². The second-order valence-corrected chi connectivity index (χ2v) is 4.79. The van der Waals surface area contributed by atoms with Crippen molar-refractivity contribution in [2.75, 3.05) is 26.2 Å². The van der Waals surface area contributed by atoms with Crippen molar-refractivity contribution >= 4 is 11.8 Å². The van der Waals surface area contributed by atoms with Gasteiger partial charge in [-0.2, -0.15) is 15.4 Å². The Bertz CT molecular complexity index is 440. The van der Waals surface area contributed by atoms with Gasteiger partial charge in [-0.1, -0.05) is 0 Å². The lowest BCUT2D eigenvalue weighted by Crippen LogP contribution is -2.43. The fourth-order valence-electron chi connectivity index (χ4n) is 2.25. The Balaban J connectivity index is 1.77. The highest BCUT2D eigenvalue weighted by molar-refractivity contribution is 5.92. The van der Waals surface area contributed by atoms with Crippen LogP contribution in [0.4, 0.5) is 0 Å². The zero-order chi connectivity index (χ0) is 14.4. The highest BCUT2D eigenvalue weighted by Gasteiger charge is 2.28. The molecular weight excluding hydrogens is 262 g/mol. The number of amides is 2. The van der Waals surface area contributed by atoms with Crippen molar-refractivity contribution in [1.82, 2.24) is 25.6 Å². The van der Waals surface area contributed by atoms with Gasteiger partial charge in [0, 0.05) is 32.2 Å². The fourth-order valence-corrected chi connectivity index (χ4v) is 2.25. The summed E-state index contributed by atoms with van der Waals surface area (Å²) in [4.78, 5) is 25.6. The number of aromatic nitrogens is 3. The van der Waals surface area contributed by atoms with Crippen molar-refractivity contribution in [2.24, 2.45) is 5.92 Å². The molecule has 2 rings (SSSR count). The number of nitrogens with one attached hydrogen (secondary N) is 2. The Morgan fingerprint density at radius 1 is 1.45 bits per heavy atom. The molecule has 8 nitrogen and oxygen atoms in total. The summed E-state index contributed by atoms with van der Waals surface area (Å²) >= 11 is 0. The molecule has 0 spiro atoms. The molecule has 1 aromatic rings. The SMILES string of the molecule is O=C(NCCCO)C1CCN(C(=O)c2cn[nH]n2)CC1. The third-order valence-electron chi connectivity index (χ3n) is 3.42. The molecule has 0 atom stereocenters. The van der Waals surface area contributed by atoms with Crippen LogP contribution in [0.5, 0.6) is 0 Å². The van der Waals surface area contributed by atoms with Crippen molar-refractivity contribution in [3.05, 3.63) is 11.9 Å². The van der Waals surface area contributed by atoms with Crippen LogP contribution in [0.2, 0.25) is 0 Å². The molecule has 0 aromatic carbocycles. The average molecular weight is 281 g/mol. The first kappa shape index (κ1) is 14.4. The summed E-state index contributed by atoms with van der Waals surface area (Å²) in [7, 11) is 0. The van der Waals surface area contributed by atoms with E-state index in [9.17, 15) is 9.59 Å². The molecule has 1 aromatic heterocycles. The maximum absolute atomic E-state index is 12.0. The minimum absolute atomic E-state index is 0.00647. The van der Waals surface area contributed by atoms with Crippen LogP contribution in [0.15, 0.2) is 6.20 Å². The summed E-state index contributed by atoms with van der Waals surface area (Å²) in [6.07, 6.45) is 3.26. The number of hydrogen-bond donors (Lipinski definition) is 3. The number of piperidine rings is 1. The van der Waals surface area contributed by atoms with Gasteiger partial charge < -0.3 is 15.3 Å². The monoisotopic (exact) mass is 281 g/mol. The van der Waals surface area contributed by atoms with Gasteiger partial charge in [0.2, 0.25) is 5.91 Å². The summed E-state index contributed by atoms with van der Waals surface area (Å²) < 4.78 is 0. The van der Waals surface area contributed by atoms with Crippen LogP contribution in [0, 0.1) is 5.92 Å². The lowest BCUT2D eigenvalue weighted by Gasteiger charge is -2.30. The Hall–Kier alpha value is -1.96. The predicted molar refractivity (Wildman–Crippen MR) is 69.7 cm³/mol. The van der Waals surface area contributed by atoms with Crippen molar-refractivity contribution in [3.63, 3.8) is 0 Å². The van der Waals surface area contributed by atoms with Crippen LogP contribution in [0.1, 0.15) is 29.8 Å². The van der Waals surface area contributed by atoms with Gasteiger partial charge in [-0.3, -0.25) is 9.59 Å². The molecule has 0 saturated carbocycles. The first-order chi connectivity index (χ1) is 9.72. The van der Waals surface area contributed by atoms with E-state index in [0.717, 1.165) is 0 Å². The molecule has 2 heterocycles. The highest BCUT2D eigenvalue weighted by Crippen LogP contribution is 2.18. The summed E-state index contributed by atoms with van der Waals surface area (Å²) in [5.74, 6) is -0.208. The number of aliphatic hydroxyl groups is 1. The highest BCUT2D eigenvalue weighted by atomic mass is 16.3. The van der Waals surface area contributed by atoms with Gasteiger partial charge in [-0.25, -0.2) is 0 Å². The molecule has 0 bridgehead atoms. The quantitative estimate of drug-likeness (QED) is 0.609. The van der Waals surface area contributed by atoms with Gasteiger partial charge in [0.15, 0.2) is 5.69 Å². The van der Waals surface area contributed by atoms with E-state index in [4.69, 9.17) is 5.11 Å². The van der Waals surface area contributed by atoms with Crippen LogP contribution in [-0.2, 0) is 4.79 Å². The first-order valence-corrected chi connectivity index (χ1v) is 6.76. The molecule has 1 fully saturated rings. The van der Waals surface area contributed by atoms with Crippen LogP contribution in [0.25, 0.3) is 0 Å². The maximum atomic E-state index is 12.0. The van der Waals surface area contributed by atoms with E-state index < -0.39 is 0 Å². The minimum Gasteiger partial charge on any atom is -0.396 e. The Kier molecular flexibility index (Phi) is 5.05. The molecule has 0 aliphatic carbocycles. The summed E-state index contributed by atoms with van der Waals surface area (Å²) in [6, 6.07) is 0. The van der Waals surface area contributed by atoms with Crippen LogP contribution < -0.4 is 5.32 Å². The van der Waals surface area contributed by atoms with Crippen molar-refractivity contribution in [2.45, 2.75) is 19.3 Å². The van der Waals surface area contributed by atoms with Crippen LogP contribution in [-0.4, -0.2) is 63.5 Å². The average Bonchev–Trinajstić information content (AvgIpc) is 3.01. The van der Waals surface area contributed by atoms with E-state index in [0.29, 0.717) is 44.6 Å². The lowest BCUT2D eigenvalue weighted by molar-refractivity contribution is -0.126. The predicted octanol–water partition coefficient (Wildman–Crippen LogP) is -0.844. The van der Waals surface area contributed by atoms with E-state index in [2.05, 4.69) is 20.7 Å². The van der Waals surface area contributed by atoms with E-state index in [1.54, 1.807) is 4.90 Å². The van der Waals surface area contributed by atoms with E-state index in [1.165, 1.54) is 6.20 Å². The van der Waals surface area contributed by atoms with Gasteiger partial charge in [0.1, 0.15) is 0 Å². The van der Waals surface area contributed by atoms with Gasteiger partial charge in [0.25, 0.3) is 5.91 Å². The van der Waals surface area contributed by atoms with E-state index in [-0.39, 0.29) is 24.3 Å². The Labute approximate surface area is 116 Å². The first-order valence-electron chi connectivity index (χ1n) is 6.76. The number of aromatic amines is 1. The standard InChI is InChI=1S/C12H19N5O3/c18-7-1-4-13-11(19)9-2-5-17(6-3-9)12(20)10-8-14-16-15-10/h8-9,18H,1-7H2,(H,13,19)(H,14,15,16). The second-order valence-electron chi connectivity index (χ2n) is 4.79.